The maximum atomic E-state index is 12.1. The largest absolute Gasteiger partial charge is 0.508 e. The summed E-state index contributed by atoms with van der Waals surface area (Å²) in [6.45, 7) is 0. The first-order valence-electron chi connectivity index (χ1n) is 6.01. The minimum atomic E-state index is -0.229. The number of phenols is 1. The molecule has 1 amide bonds. The summed E-state index contributed by atoms with van der Waals surface area (Å²) in [4.78, 5) is 12.4. The van der Waals surface area contributed by atoms with Crippen molar-refractivity contribution in [2.75, 3.05) is 0 Å². The van der Waals surface area contributed by atoms with E-state index in [1.54, 1.807) is 0 Å². The number of nitrogens with one attached hydrogen (secondary N) is 1. The molecule has 1 aromatic rings. The number of aromatic hydroxyl groups is 1. The molecule has 0 bridgehead atoms. The molecular weight excluding hydrogens is 318 g/mol. The molecule has 0 spiro atoms. The van der Waals surface area contributed by atoms with Gasteiger partial charge in [0.25, 0.3) is 5.91 Å². The van der Waals surface area contributed by atoms with Crippen molar-refractivity contribution in [3.8, 4) is 5.75 Å². The molecule has 0 saturated heterocycles. The minimum Gasteiger partial charge on any atom is -0.508 e. The van der Waals surface area contributed by atoms with Crippen LogP contribution >= 0.6 is 27.5 Å². The molecular formula is C13H15BrClNO2. The van der Waals surface area contributed by atoms with E-state index in [4.69, 9.17) is 11.6 Å². The predicted octanol–water partition coefficient (Wildman–Crippen LogP) is 3.48. The molecule has 5 heteroatoms. The van der Waals surface area contributed by atoms with Gasteiger partial charge in [0.1, 0.15) is 5.75 Å². The fourth-order valence-electron chi connectivity index (χ4n) is 2.18. The van der Waals surface area contributed by atoms with Crippen LogP contribution < -0.4 is 5.32 Å². The van der Waals surface area contributed by atoms with Gasteiger partial charge in [-0.15, -0.1) is 0 Å². The third-order valence-corrected chi connectivity index (χ3v) is 4.62. The second-order valence-corrected chi connectivity index (χ2v) is 6.13. The Hall–Kier alpha value is -0.740. The first-order valence-corrected chi connectivity index (χ1v) is 7.31. The summed E-state index contributed by atoms with van der Waals surface area (Å²) < 4.78 is 0. The van der Waals surface area contributed by atoms with Crippen molar-refractivity contribution in [3.05, 3.63) is 28.8 Å². The summed E-state index contributed by atoms with van der Waals surface area (Å²) in [7, 11) is 0. The zero-order chi connectivity index (χ0) is 13.1. The molecule has 1 aromatic carbocycles. The Balaban J connectivity index is 2.09. The number of carbonyl (C=O) groups is 1. The number of phenolic OH excluding ortho intramolecular Hbond substituents is 1. The Labute approximate surface area is 120 Å². The van der Waals surface area contributed by atoms with E-state index in [9.17, 15) is 9.90 Å². The van der Waals surface area contributed by atoms with Crippen molar-refractivity contribution < 1.29 is 9.90 Å². The van der Waals surface area contributed by atoms with Gasteiger partial charge in [0.2, 0.25) is 0 Å². The maximum absolute atomic E-state index is 12.1. The third-order valence-electron chi connectivity index (χ3n) is 3.19. The lowest BCUT2D eigenvalue weighted by Gasteiger charge is -2.28. The van der Waals surface area contributed by atoms with E-state index in [1.165, 1.54) is 24.6 Å². The van der Waals surface area contributed by atoms with E-state index in [-0.39, 0.29) is 17.7 Å². The molecule has 2 unspecified atom stereocenters. The van der Waals surface area contributed by atoms with Gasteiger partial charge in [-0.3, -0.25) is 4.79 Å². The number of hydrogen-bond donors (Lipinski definition) is 2. The Morgan fingerprint density at radius 3 is 2.83 bits per heavy atom. The van der Waals surface area contributed by atoms with Gasteiger partial charge in [-0.2, -0.15) is 0 Å². The molecule has 0 aromatic heterocycles. The van der Waals surface area contributed by atoms with Crippen LogP contribution in [0.2, 0.25) is 5.02 Å². The van der Waals surface area contributed by atoms with Crippen molar-refractivity contribution in [2.24, 2.45) is 0 Å². The average Bonchev–Trinajstić information content (AvgIpc) is 2.35. The third kappa shape index (κ3) is 3.18. The maximum Gasteiger partial charge on any atom is 0.253 e. The molecule has 0 heterocycles. The topological polar surface area (TPSA) is 49.3 Å². The molecule has 0 radical (unpaired) electrons. The van der Waals surface area contributed by atoms with Gasteiger partial charge in [0.05, 0.1) is 10.6 Å². The molecule has 3 nitrogen and oxygen atoms in total. The van der Waals surface area contributed by atoms with Crippen LogP contribution in [0.25, 0.3) is 0 Å². The second-order valence-electron chi connectivity index (χ2n) is 4.54. The number of amides is 1. The lowest BCUT2D eigenvalue weighted by molar-refractivity contribution is 0.0929. The zero-order valence-electron chi connectivity index (χ0n) is 9.83. The van der Waals surface area contributed by atoms with Crippen LogP contribution in [-0.4, -0.2) is 21.9 Å². The first-order chi connectivity index (χ1) is 8.58. The summed E-state index contributed by atoms with van der Waals surface area (Å²) in [6.07, 6.45) is 4.35. The monoisotopic (exact) mass is 331 g/mol. The fraction of sp³-hybridized carbons (Fsp3) is 0.462. The van der Waals surface area contributed by atoms with E-state index in [1.807, 2.05) is 0 Å². The quantitative estimate of drug-likeness (QED) is 0.815. The molecule has 2 rings (SSSR count). The Bertz CT molecular complexity index is 453. The van der Waals surface area contributed by atoms with E-state index >= 15 is 0 Å². The smallest absolute Gasteiger partial charge is 0.253 e. The number of hydrogen-bond acceptors (Lipinski definition) is 2. The minimum absolute atomic E-state index is 0.0450. The highest BCUT2D eigenvalue weighted by molar-refractivity contribution is 9.09. The molecule has 18 heavy (non-hydrogen) atoms. The van der Waals surface area contributed by atoms with Crippen LogP contribution in [0.5, 0.6) is 5.75 Å². The molecule has 1 saturated carbocycles. The molecule has 1 fully saturated rings. The Kier molecular flexibility index (Phi) is 4.51. The van der Waals surface area contributed by atoms with E-state index < -0.39 is 0 Å². The zero-order valence-corrected chi connectivity index (χ0v) is 12.2. The number of rotatable bonds is 2. The number of carbonyl (C=O) groups excluding carboxylic acids is 1. The molecule has 1 aliphatic carbocycles. The van der Waals surface area contributed by atoms with Crippen LogP contribution in [0.3, 0.4) is 0 Å². The van der Waals surface area contributed by atoms with Gasteiger partial charge in [-0.25, -0.2) is 0 Å². The summed E-state index contributed by atoms with van der Waals surface area (Å²) in [5.41, 5.74) is 0.321. The molecule has 2 N–H and O–H groups in total. The molecule has 98 valence electrons. The highest BCUT2D eigenvalue weighted by atomic mass is 79.9. The second kappa shape index (κ2) is 5.93. The van der Waals surface area contributed by atoms with Crippen LogP contribution in [0.1, 0.15) is 36.0 Å². The molecule has 0 aliphatic heterocycles. The van der Waals surface area contributed by atoms with Crippen molar-refractivity contribution in [2.45, 2.75) is 36.6 Å². The summed E-state index contributed by atoms with van der Waals surface area (Å²) in [6, 6.07) is 4.51. The summed E-state index contributed by atoms with van der Waals surface area (Å²) in [5, 5.41) is 12.7. The highest BCUT2D eigenvalue weighted by Gasteiger charge is 2.25. The van der Waals surface area contributed by atoms with Crippen LogP contribution in [0.4, 0.5) is 0 Å². The van der Waals surface area contributed by atoms with E-state index in [0.717, 1.165) is 19.3 Å². The number of alkyl halides is 1. The average molecular weight is 333 g/mol. The van der Waals surface area contributed by atoms with Gasteiger partial charge in [0, 0.05) is 10.9 Å². The van der Waals surface area contributed by atoms with Crippen molar-refractivity contribution in [3.63, 3.8) is 0 Å². The van der Waals surface area contributed by atoms with Crippen LogP contribution in [-0.2, 0) is 0 Å². The predicted molar refractivity (Wildman–Crippen MR) is 75.6 cm³/mol. The van der Waals surface area contributed by atoms with Gasteiger partial charge < -0.3 is 10.4 Å². The van der Waals surface area contributed by atoms with Gasteiger partial charge in [-0.1, -0.05) is 40.4 Å². The Morgan fingerprint density at radius 2 is 2.11 bits per heavy atom. The first kappa shape index (κ1) is 13.7. The van der Waals surface area contributed by atoms with Crippen molar-refractivity contribution in [1.29, 1.82) is 0 Å². The van der Waals surface area contributed by atoms with E-state index in [2.05, 4.69) is 21.2 Å². The highest BCUT2D eigenvalue weighted by Crippen LogP contribution is 2.26. The summed E-state index contributed by atoms with van der Waals surface area (Å²) >= 11 is 9.55. The van der Waals surface area contributed by atoms with Gasteiger partial charge in [0.15, 0.2) is 0 Å². The van der Waals surface area contributed by atoms with Crippen molar-refractivity contribution >= 4 is 33.4 Å². The van der Waals surface area contributed by atoms with Gasteiger partial charge >= 0.3 is 0 Å². The fourth-order valence-corrected chi connectivity index (χ4v) is 3.11. The van der Waals surface area contributed by atoms with E-state index in [0.29, 0.717) is 15.4 Å². The normalized spacial score (nSPS) is 23.7. The lowest BCUT2D eigenvalue weighted by atomic mass is 9.95. The number of benzene rings is 1. The number of halogens is 2. The summed E-state index contributed by atoms with van der Waals surface area (Å²) in [5.74, 6) is -0.184. The van der Waals surface area contributed by atoms with Crippen LogP contribution in [0, 0.1) is 0 Å². The van der Waals surface area contributed by atoms with Crippen molar-refractivity contribution in [1.82, 2.24) is 5.32 Å². The standard InChI is InChI=1S/C13H15BrClNO2/c14-10-3-1-2-4-12(10)16-13(18)9-7-8(17)5-6-11(9)15/h5-7,10,12,17H,1-4H2,(H,16,18). The molecule has 1 aliphatic rings. The van der Waals surface area contributed by atoms with Gasteiger partial charge in [-0.05, 0) is 31.0 Å². The van der Waals surface area contributed by atoms with Crippen LogP contribution in [0.15, 0.2) is 18.2 Å². The molecule has 2 atom stereocenters. The lowest BCUT2D eigenvalue weighted by Crippen LogP contribution is -2.42. The SMILES string of the molecule is O=C(NC1CCCCC1Br)c1cc(O)ccc1Cl. The Morgan fingerprint density at radius 1 is 1.39 bits per heavy atom.